The summed E-state index contributed by atoms with van der Waals surface area (Å²) in [6.07, 6.45) is 0.599. The Morgan fingerprint density at radius 2 is 1.78 bits per heavy atom. The van der Waals surface area contributed by atoms with Crippen LogP contribution in [0.5, 0.6) is 0 Å². The maximum absolute atomic E-state index is 13.0. The lowest BCUT2D eigenvalue weighted by Crippen LogP contribution is -2.38. The van der Waals surface area contributed by atoms with E-state index in [0.29, 0.717) is 31.1 Å². The summed E-state index contributed by atoms with van der Waals surface area (Å²) in [7, 11) is 1.67. The highest BCUT2D eigenvalue weighted by Crippen LogP contribution is 2.09. The molecule has 0 aromatic heterocycles. The zero-order valence-corrected chi connectivity index (χ0v) is 11.2. The van der Waals surface area contributed by atoms with Gasteiger partial charge in [0, 0.05) is 19.2 Å². The van der Waals surface area contributed by atoms with Gasteiger partial charge >= 0.3 is 0 Å². The van der Waals surface area contributed by atoms with Crippen LogP contribution in [0.4, 0.5) is 8.78 Å². The van der Waals surface area contributed by atoms with Crippen LogP contribution in [0.25, 0.3) is 0 Å². The van der Waals surface area contributed by atoms with E-state index in [1.54, 1.807) is 7.11 Å². The van der Waals surface area contributed by atoms with E-state index >= 15 is 0 Å². The number of hydrogen-bond donors (Lipinski definition) is 1. The maximum atomic E-state index is 13.0. The number of benzene rings is 1. The third-order valence-corrected chi connectivity index (χ3v) is 2.89. The van der Waals surface area contributed by atoms with Crippen molar-refractivity contribution >= 4 is 0 Å². The number of hydrogen-bond acceptors (Lipinski definition) is 2. The Balaban J connectivity index is 2.44. The van der Waals surface area contributed by atoms with Gasteiger partial charge < -0.3 is 10.1 Å². The lowest BCUT2D eigenvalue weighted by Gasteiger charge is -2.21. The highest BCUT2D eigenvalue weighted by Gasteiger charge is 2.11. The van der Waals surface area contributed by atoms with Gasteiger partial charge in [-0.25, -0.2) is 8.78 Å². The fraction of sp³-hybridized carbons (Fsp3) is 0.571. The van der Waals surface area contributed by atoms with E-state index in [0.717, 1.165) is 6.07 Å². The molecule has 102 valence electrons. The SMILES string of the molecule is COCC(NCCc1cc(F)cc(F)c1)C(C)C. The molecule has 0 amide bonds. The summed E-state index contributed by atoms with van der Waals surface area (Å²) in [4.78, 5) is 0. The first-order valence-corrected chi connectivity index (χ1v) is 6.20. The van der Waals surface area contributed by atoms with Crippen molar-refractivity contribution in [1.82, 2.24) is 5.32 Å². The van der Waals surface area contributed by atoms with Crippen LogP contribution < -0.4 is 5.32 Å². The van der Waals surface area contributed by atoms with Crippen molar-refractivity contribution < 1.29 is 13.5 Å². The molecule has 0 fully saturated rings. The largest absolute Gasteiger partial charge is 0.383 e. The lowest BCUT2D eigenvalue weighted by molar-refractivity contribution is 0.147. The van der Waals surface area contributed by atoms with Crippen molar-refractivity contribution in [2.75, 3.05) is 20.3 Å². The van der Waals surface area contributed by atoms with Gasteiger partial charge in [0.15, 0.2) is 0 Å². The van der Waals surface area contributed by atoms with Gasteiger partial charge in [-0.15, -0.1) is 0 Å². The van der Waals surface area contributed by atoms with Gasteiger partial charge in [0.25, 0.3) is 0 Å². The van der Waals surface area contributed by atoms with E-state index in [2.05, 4.69) is 19.2 Å². The Labute approximate surface area is 107 Å². The second kappa shape index (κ2) is 7.44. The molecule has 1 atom stereocenters. The average Bonchev–Trinajstić information content (AvgIpc) is 2.26. The van der Waals surface area contributed by atoms with Crippen molar-refractivity contribution in [3.63, 3.8) is 0 Å². The molecule has 1 aromatic rings. The van der Waals surface area contributed by atoms with E-state index in [4.69, 9.17) is 4.74 Å². The Kier molecular flexibility index (Phi) is 6.22. The highest BCUT2D eigenvalue weighted by molar-refractivity contribution is 5.18. The predicted molar refractivity (Wildman–Crippen MR) is 68.6 cm³/mol. The molecule has 0 bridgehead atoms. The fourth-order valence-electron chi connectivity index (χ4n) is 1.82. The summed E-state index contributed by atoms with van der Waals surface area (Å²) < 4.78 is 31.1. The topological polar surface area (TPSA) is 21.3 Å². The molecule has 1 N–H and O–H groups in total. The first-order chi connectivity index (χ1) is 8.52. The number of rotatable bonds is 7. The molecular weight excluding hydrogens is 236 g/mol. The summed E-state index contributed by atoms with van der Waals surface area (Å²) in [5.41, 5.74) is 0.667. The van der Waals surface area contributed by atoms with E-state index in [1.807, 2.05) is 0 Å². The van der Waals surface area contributed by atoms with E-state index < -0.39 is 11.6 Å². The molecule has 2 nitrogen and oxygen atoms in total. The smallest absolute Gasteiger partial charge is 0.126 e. The summed E-state index contributed by atoms with van der Waals surface area (Å²) >= 11 is 0. The van der Waals surface area contributed by atoms with Gasteiger partial charge in [0.2, 0.25) is 0 Å². The molecule has 4 heteroatoms. The number of halogens is 2. The third-order valence-electron chi connectivity index (χ3n) is 2.89. The molecule has 1 unspecified atom stereocenters. The van der Waals surface area contributed by atoms with Crippen molar-refractivity contribution in [1.29, 1.82) is 0 Å². The normalized spacial score (nSPS) is 13.0. The molecular formula is C14H21F2NO. The minimum atomic E-state index is -0.526. The second-order valence-electron chi connectivity index (χ2n) is 4.79. The van der Waals surface area contributed by atoms with Gasteiger partial charge in [0.1, 0.15) is 11.6 Å². The van der Waals surface area contributed by atoms with Crippen LogP contribution in [0.3, 0.4) is 0 Å². The molecule has 0 aliphatic heterocycles. The number of methoxy groups -OCH3 is 1. The van der Waals surface area contributed by atoms with Crippen LogP contribution in [0, 0.1) is 17.6 Å². The van der Waals surface area contributed by atoms with E-state index in [1.165, 1.54) is 12.1 Å². The predicted octanol–water partition coefficient (Wildman–Crippen LogP) is 2.77. The monoisotopic (exact) mass is 257 g/mol. The van der Waals surface area contributed by atoms with Crippen LogP contribution in [0.15, 0.2) is 18.2 Å². The van der Waals surface area contributed by atoms with E-state index in [9.17, 15) is 8.78 Å². The van der Waals surface area contributed by atoms with Crippen LogP contribution in [0.2, 0.25) is 0 Å². The summed E-state index contributed by atoms with van der Waals surface area (Å²) in [5.74, 6) is -0.598. The summed E-state index contributed by atoms with van der Waals surface area (Å²) in [6, 6.07) is 3.88. The molecule has 1 rings (SSSR count). The standard InChI is InChI=1S/C14H21F2NO/c1-10(2)14(9-18-3)17-5-4-11-6-12(15)8-13(16)7-11/h6-8,10,14,17H,4-5,9H2,1-3H3. The minimum Gasteiger partial charge on any atom is -0.383 e. The molecule has 0 spiro atoms. The van der Waals surface area contributed by atoms with Gasteiger partial charge in [0.05, 0.1) is 6.61 Å². The first-order valence-electron chi connectivity index (χ1n) is 6.20. The number of nitrogens with one attached hydrogen (secondary N) is 1. The van der Waals surface area contributed by atoms with E-state index in [-0.39, 0.29) is 6.04 Å². The minimum absolute atomic E-state index is 0.258. The molecule has 1 aromatic carbocycles. The summed E-state index contributed by atoms with van der Waals surface area (Å²) in [5, 5.41) is 3.34. The molecule has 0 saturated carbocycles. The van der Waals surface area contributed by atoms with Gasteiger partial charge in [-0.2, -0.15) is 0 Å². The quantitative estimate of drug-likeness (QED) is 0.811. The average molecular weight is 257 g/mol. The Morgan fingerprint density at radius 1 is 1.17 bits per heavy atom. The van der Waals surface area contributed by atoms with Crippen LogP contribution in [-0.4, -0.2) is 26.3 Å². The zero-order chi connectivity index (χ0) is 13.5. The summed E-state index contributed by atoms with van der Waals surface area (Å²) in [6.45, 7) is 5.53. The van der Waals surface area contributed by atoms with Gasteiger partial charge in [-0.1, -0.05) is 13.8 Å². The molecule has 18 heavy (non-hydrogen) atoms. The maximum Gasteiger partial charge on any atom is 0.126 e. The van der Waals surface area contributed by atoms with Crippen LogP contribution >= 0.6 is 0 Å². The Morgan fingerprint density at radius 3 is 2.28 bits per heavy atom. The molecule has 0 aliphatic rings. The van der Waals surface area contributed by atoms with Crippen molar-refractivity contribution in [3.8, 4) is 0 Å². The third kappa shape index (κ3) is 5.10. The van der Waals surface area contributed by atoms with Crippen molar-refractivity contribution in [2.45, 2.75) is 26.3 Å². The molecule has 0 saturated heterocycles. The fourth-order valence-corrected chi connectivity index (χ4v) is 1.82. The molecule has 0 heterocycles. The van der Waals surface area contributed by atoms with Crippen LogP contribution in [0.1, 0.15) is 19.4 Å². The Bertz CT molecular complexity index is 349. The molecule has 0 aliphatic carbocycles. The Hall–Kier alpha value is -1.00. The van der Waals surface area contributed by atoms with Crippen molar-refractivity contribution in [2.24, 2.45) is 5.92 Å². The highest BCUT2D eigenvalue weighted by atomic mass is 19.1. The van der Waals surface area contributed by atoms with Crippen molar-refractivity contribution in [3.05, 3.63) is 35.4 Å². The van der Waals surface area contributed by atoms with Gasteiger partial charge in [-0.3, -0.25) is 0 Å². The second-order valence-corrected chi connectivity index (χ2v) is 4.79. The van der Waals surface area contributed by atoms with Crippen LogP contribution in [-0.2, 0) is 11.2 Å². The lowest BCUT2D eigenvalue weighted by atomic mass is 10.0. The first kappa shape index (κ1) is 15.1. The van der Waals surface area contributed by atoms with Gasteiger partial charge in [-0.05, 0) is 36.6 Å². The number of ether oxygens (including phenoxy) is 1. The zero-order valence-electron chi connectivity index (χ0n) is 11.2. The molecule has 0 radical (unpaired) electrons.